The van der Waals surface area contributed by atoms with Crippen LogP contribution >= 0.6 is 0 Å². The van der Waals surface area contributed by atoms with E-state index in [2.05, 4.69) is 15.1 Å². The van der Waals surface area contributed by atoms with Crippen LogP contribution < -0.4 is 5.56 Å². The molecule has 8 heteroatoms. The van der Waals surface area contributed by atoms with Gasteiger partial charge in [-0.3, -0.25) is 14.3 Å². The number of carbonyl (C=O) groups excluding carboxylic acids is 1. The van der Waals surface area contributed by atoms with E-state index in [9.17, 15) is 9.59 Å². The number of hydrogen-bond donors (Lipinski definition) is 1. The van der Waals surface area contributed by atoms with Crippen LogP contribution in [0.3, 0.4) is 0 Å². The van der Waals surface area contributed by atoms with Crippen molar-refractivity contribution >= 4 is 5.91 Å². The minimum atomic E-state index is -0.308. The number of ether oxygens (including phenoxy) is 1. The molecule has 0 radical (unpaired) electrons. The van der Waals surface area contributed by atoms with Gasteiger partial charge in [0.05, 0.1) is 24.9 Å². The topological polar surface area (TPSA) is 93.1 Å². The van der Waals surface area contributed by atoms with Gasteiger partial charge in [0.25, 0.3) is 5.56 Å². The summed E-state index contributed by atoms with van der Waals surface area (Å²) in [5.41, 5.74) is 0.366. The van der Waals surface area contributed by atoms with Gasteiger partial charge in [-0.15, -0.1) is 0 Å². The van der Waals surface area contributed by atoms with Gasteiger partial charge < -0.3 is 14.6 Å². The molecule has 1 aliphatic rings. The monoisotopic (exact) mass is 331 g/mol. The van der Waals surface area contributed by atoms with Crippen LogP contribution in [0.4, 0.5) is 0 Å². The van der Waals surface area contributed by atoms with E-state index in [0.29, 0.717) is 50.7 Å². The van der Waals surface area contributed by atoms with Gasteiger partial charge in [0, 0.05) is 38.0 Å². The molecule has 1 N–H and O–H groups in total. The van der Waals surface area contributed by atoms with E-state index < -0.39 is 0 Å². The van der Waals surface area contributed by atoms with Crippen molar-refractivity contribution in [3.63, 3.8) is 0 Å². The van der Waals surface area contributed by atoms with Crippen LogP contribution in [0, 0.1) is 6.92 Å². The number of morpholine rings is 1. The maximum atomic E-state index is 12.6. The van der Waals surface area contributed by atoms with Gasteiger partial charge in [-0.25, -0.2) is 4.98 Å². The molecular weight excluding hydrogens is 310 g/mol. The quantitative estimate of drug-likeness (QED) is 0.868. The zero-order valence-electron chi connectivity index (χ0n) is 13.6. The number of H-pyrrole nitrogens is 1. The van der Waals surface area contributed by atoms with Crippen LogP contribution in [0.2, 0.25) is 0 Å². The Balaban J connectivity index is 1.67. The lowest BCUT2D eigenvalue weighted by Crippen LogP contribution is -2.44. The number of nitrogens with one attached hydrogen (secondary N) is 1. The van der Waals surface area contributed by atoms with Crippen LogP contribution in [0.1, 0.15) is 30.4 Å². The Bertz CT molecular complexity index is 740. The van der Waals surface area contributed by atoms with Gasteiger partial charge in [-0.1, -0.05) is 0 Å². The number of amides is 1. The van der Waals surface area contributed by atoms with E-state index in [1.807, 2.05) is 16.9 Å². The first-order chi connectivity index (χ1) is 11.6. The fraction of sp³-hybridized carbons (Fsp3) is 0.500. The maximum absolute atomic E-state index is 12.6. The van der Waals surface area contributed by atoms with Crippen molar-refractivity contribution in [2.45, 2.75) is 32.4 Å². The van der Waals surface area contributed by atoms with Crippen molar-refractivity contribution in [1.29, 1.82) is 0 Å². The molecule has 0 saturated carbocycles. The molecule has 8 nitrogen and oxygen atoms in total. The van der Waals surface area contributed by atoms with Crippen LogP contribution in [-0.2, 0) is 16.1 Å². The molecule has 3 rings (SSSR count). The summed E-state index contributed by atoms with van der Waals surface area (Å²) in [6.45, 7) is 3.81. The summed E-state index contributed by atoms with van der Waals surface area (Å²) in [5.74, 6) is 0.587. The maximum Gasteiger partial charge on any atom is 0.251 e. The SMILES string of the molecule is Cc1nc([C@@H]2COCCN2C(=O)CCCn2cccn2)cc(=O)[nH]1. The molecule has 2 aromatic heterocycles. The lowest BCUT2D eigenvalue weighted by molar-refractivity contribution is -0.140. The Kier molecular flexibility index (Phi) is 5.05. The highest BCUT2D eigenvalue weighted by atomic mass is 16.5. The molecule has 1 saturated heterocycles. The zero-order valence-corrected chi connectivity index (χ0v) is 13.6. The number of aryl methyl sites for hydroxylation is 2. The van der Waals surface area contributed by atoms with Gasteiger partial charge >= 0.3 is 0 Å². The molecule has 0 spiro atoms. The summed E-state index contributed by atoms with van der Waals surface area (Å²) in [6.07, 6.45) is 4.75. The summed E-state index contributed by atoms with van der Waals surface area (Å²) >= 11 is 0. The van der Waals surface area contributed by atoms with Crippen LogP contribution in [0.15, 0.2) is 29.3 Å². The Morgan fingerprint density at radius 3 is 3.12 bits per heavy atom. The number of aromatic amines is 1. The molecule has 0 unspecified atom stereocenters. The van der Waals surface area contributed by atoms with E-state index in [4.69, 9.17) is 4.74 Å². The predicted octanol–water partition coefficient (Wildman–Crippen LogP) is 0.655. The second-order valence-corrected chi connectivity index (χ2v) is 5.81. The number of carbonyl (C=O) groups is 1. The second-order valence-electron chi connectivity index (χ2n) is 5.81. The Hall–Kier alpha value is -2.48. The largest absolute Gasteiger partial charge is 0.377 e. The molecule has 1 amide bonds. The van der Waals surface area contributed by atoms with Crippen LogP contribution in [0.5, 0.6) is 0 Å². The lowest BCUT2D eigenvalue weighted by Gasteiger charge is -2.35. The molecule has 1 atom stereocenters. The van der Waals surface area contributed by atoms with E-state index in [1.54, 1.807) is 18.0 Å². The van der Waals surface area contributed by atoms with Crippen molar-refractivity contribution in [2.75, 3.05) is 19.8 Å². The first-order valence-electron chi connectivity index (χ1n) is 8.06. The summed E-state index contributed by atoms with van der Waals surface area (Å²) in [7, 11) is 0. The Morgan fingerprint density at radius 1 is 1.50 bits per heavy atom. The molecule has 128 valence electrons. The van der Waals surface area contributed by atoms with Crippen LogP contribution in [-0.4, -0.2) is 50.3 Å². The average Bonchev–Trinajstić information content (AvgIpc) is 3.07. The Labute approximate surface area is 139 Å². The standard InChI is InChI=1S/C16H21N5O3/c1-12-18-13(10-15(22)19-12)14-11-24-9-8-21(14)16(23)4-2-6-20-7-3-5-17-20/h3,5,7,10,14H,2,4,6,8-9,11H2,1H3,(H,18,19,22)/t14-/m0/s1. The van der Waals surface area contributed by atoms with Crippen molar-refractivity contribution in [3.8, 4) is 0 Å². The number of aromatic nitrogens is 4. The van der Waals surface area contributed by atoms with Gasteiger partial charge in [0.15, 0.2) is 0 Å². The third-order valence-electron chi connectivity index (χ3n) is 4.01. The van der Waals surface area contributed by atoms with Gasteiger partial charge in [0.1, 0.15) is 5.82 Å². The number of hydrogen-bond acceptors (Lipinski definition) is 5. The van der Waals surface area contributed by atoms with Crippen molar-refractivity contribution in [2.24, 2.45) is 0 Å². The molecule has 0 aliphatic carbocycles. The van der Waals surface area contributed by atoms with E-state index in [1.165, 1.54) is 6.07 Å². The Morgan fingerprint density at radius 2 is 2.38 bits per heavy atom. The van der Waals surface area contributed by atoms with Gasteiger partial charge in [-0.2, -0.15) is 5.10 Å². The minimum Gasteiger partial charge on any atom is -0.377 e. The summed E-state index contributed by atoms with van der Waals surface area (Å²) in [6, 6.07) is 2.99. The van der Waals surface area contributed by atoms with E-state index >= 15 is 0 Å². The molecule has 24 heavy (non-hydrogen) atoms. The molecule has 3 heterocycles. The summed E-state index contributed by atoms with van der Waals surface area (Å²) in [4.78, 5) is 33.1. The normalized spacial score (nSPS) is 17.9. The molecule has 2 aromatic rings. The fourth-order valence-electron chi connectivity index (χ4n) is 2.89. The third kappa shape index (κ3) is 3.88. The molecule has 1 aliphatic heterocycles. The first-order valence-corrected chi connectivity index (χ1v) is 8.06. The highest BCUT2D eigenvalue weighted by Gasteiger charge is 2.29. The third-order valence-corrected chi connectivity index (χ3v) is 4.01. The van der Waals surface area contributed by atoms with Gasteiger partial charge in [0.2, 0.25) is 5.91 Å². The fourth-order valence-corrected chi connectivity index (χ4v) is 2.89. The molecule has 0 bridgehead atoms. The molecule has 0 aromatic carbocycles. The van der Waals surface area contributed by atoms with Crippen LogP contribution in [0.25, 0.3) is 0 Å². The van der Waals surface area contributed by atoms with Gasteiger partial charge in [-0.05, 0) is 19.4 Å². The highest BCUT2D eigenvalue weighted by Crippen LogP contribution is 2.23. The van der Waals surface area contributed by atoms with Crippen molar-refractivity contribution in [1.82, 2.24) is 24.6 Å². The zero-order chi connectivity index (χ0) is 16.9. The van der Waals surface area contributed by atoms with E-state index in [0.717, 1.165) is 0 Å². The first kappa shape index (κ1) is 16.4. The smallest absolute Gasteiger partial charge is 0.251 e. The minimum absolute atomic E-state index is 0.0511. The molecule has 1 fully saturated rings. The number of rotatable bonds is 5. The molecular formula is C16H21N5O3. The average molecular weight is 331 g/mol. The van der Waals surface area contributed by atoms with Crippen molar-refractivity contribution < 1.29 is 9.53 Å². The van der Waals surface area contributed by atoms with E-state index in [-0.39, 0.29) is 17.5 Å². The summed E-state index contributed by atoms with van der Waals surface area (Å²) in [5, 5.41) is 4.13. The second kappa shape index (κ2) is 7.39. The van der Waals surface area contributed by atoms with Crippen molar-refractivity contribution in [3.05, 3.63) is 46.4 Å². The summed E-state index contributed by atoms with van der Waals surface area (Å²) < 4.78 is 7.31. The highest BCUT2D eigenvalue weighted by molar-refractivity contribution is 5.76. The number of nitrogens with zero attached hydrogens (tertiary/aromatic N) is 4. The lowest BCUT2D eigenvalue weighted by atomic mass is 10.1. The predicted molar refractivity (Wildman–Crippen MR) is 86.3 cm³/mol.